The van der Waals surface area contributed by atoms with Gasteiger partial charge in [-0.15, -0.1) is 0 Å². The van der Waals surface area contributed by atoms with Crippen LogP contribution in [0.15, 0.2) is 0 Å². The summed E-state index contributed by atoms with van der Waals surface area (Å²) in [6.07, 6.45) is 0. The van der Waals surface area contributed by atoms with Crippen molar-refractivity contribution in [1.82, 2.24) is 0 Å². The zero-order valence-corrected chi connectivity index (χ0v) is 6.01. The van der Waals surface area contributed by atoms with E-state index in [1.165, 1.54) is 0 Å². The molecule has 0 rings (SSSR count). The maximum Gasteiger partial charge on any atom is 0 e. The largest absolute Gasteiger partial charge is 0 e. The second-order valence-electron chi connectivity index (χ2n) is 0.152. The van der Waals surface area contributed by atoms with E-state index in [2.05, 4.69) is 0 Å². The van der Waals surface area contributed by atoms with Crippen LogP contribution in [0.1, 0.15) is 0 Å². The van der Waals surface area contributed by atoms with Crippen LogP contribution in [0.5, 0.6) is 0 Å². The molecule has 0 saturated heterocycles. The van der Waals surface area contributed by atoms with Gasteiger partial charge < -0.3 is 0 Å². The predicted octanol–water partition coefficient (Wildman–Crippen LogP) is 1.26. The second-order valence-corrected chi connectivity index (χ2v) is 0.625. The van der Waals surface area contributed by atoms with Crippen LogP contribution in [0.3, 0.4) is 0 Å². The minimum absolute atomic E-state index is 0. The molecule has 0 aliphatic heterocycles. The van der Waals surface area contributed by atoms with E-state index in [9.17, 15) is 10.7 Å². The van der Waals surface area contributed by atoms with Gasteiger partial charge in [0.1, 0.15) is 0 Å². The first-order valence-corrected chi connectivity index (χ1v) is 1.65. The predicted molar refractivity (Wildman–Crippen MR) is 3.32 cm³/mol. The molecule has 0 atom stereocenters. The Hall–Kier alpha value is 1.41. The van der Waals surface area contributed by atoms with Crippen LogP contribution >= 0.6 is 0 Å². The molecule has 0 aromatic carbocycles. The number of rotatable bonds is 0. The molecule has 32 valence electrons. The number of hydrogen-bond acceptors (Lipinski definition) is 0. The molecule has 0 aromatic rings. The van der Waals surface area contributed by atoms with Gasteiger partial charge in [0, 0.05) is 32.7 Å². The molecule has 0 bridgehead atoms. The van der Waals surface area contributed by atoms with E-state index in [0.29, 0.717) is 0 Å². The summed E-state index contributed by atoms with van der Waals surface area (Å²) in [7, 11) is 0. The van der Waals surface area contributed by atoms with E-state index in [-0.39, 0.29) is 32.7 Å². The monoisotopic (exact) mass is 202 g/mol. The molecular formula is F3FeY. The normalized spacial score (nSPS) is 9.00. The minimum atomic E-state index is -4.25. The standard InChI is InChI=1S/3FH.Fe.Y/h3*1H;;/q;;;+3;/p-3. The summed E-state index contributed by atoms with van der Waals surface area (Å²) in [5.41, 5.74) is 0. The van der Waals surface area contributed by atoms with Crippen LogP contribution in [0.4, 0.5) is 10.7 Å². The van der Waals surface area contributed by atoms with E-state index in [1.54, 1.807) is 0 Å². The van der Waals surface area contributed by atoms with Gasteiger partial charge in [-0.1, -0.05) is 0 Å². The summed E-state index contributed by atoms with van der Waals surface area (Å²) in [6, 6.07) is 0. The fourth-order valence-electron chi connectivity index (χ4n) is 0. The topological polar surface area (TPSA) is 0 Å². The van der Waals surface area contributed by atoms with E-state index < -0.39 is 15.3 Å². The summed E-state index contributed by atoms with van der Waals surface area (Å²) in [5, 5.41) is 0. The molecule has 0 spiro atoms. The van der Waals surface area contributed by atoms with Gasteiger partial charge in [-0.05, 0) is 0 Å². The van der Waals surface area contributed by atoms with Gasteiger partial charge in [0.25, 0.3) is 0 Å². The van der Waals surface area contributed by atoms with Crippen molar-refractivity contribution in [3.63, 3.8) is 0 Å². The Kier molecular flexibility index (Phi) is 10.4. The van der Waals surface area contributed by atoms with Crippen molar-refractivity contribution in [2.45, 2.75) is 0 Å². The van der Waals surface area contributed by atoms with Crippen LogP contribution < -0.4 is 0 Å². The molecule has 0 unspecified atom stereocenters. The van der Waals surface area contributed by atoms with Gasteiger partial charge in [0.05, 0.1) is 0 Å². The molecule has 0 N–H and O–H groups in total. The Bertz CT molecular complexity index is 11.6. The third kappa shape index (κ3) is 31.6. The van der Waals surface area contributed by atoms with Crippen molar-refractivity contribution >= 4 is 0 Å². The third-order valence-corrected chi connectivity index (χ3v) is 0. The van der Waals surface area contributed by atoms with Gasteiger partial charge in [-0.3, -0.25) is 0 Å². The number of hydrogen-bond donors (Lipinski definition) is 0. The maximum absolute atomic E-state index is 9.75. The van der Waals surface area contributed by atoms with Gasteiger partial charge in [-0.2, -0.15) is 0 Å². The zero-order valence-electron chi connectivity index (χ0n) is 2.06. The fraction of sp³-hybridized carbons (Fsp3) is 0. The van der Waals surface area contributed by atoms with Crippen LogP contribution in [-0.4, -0.2) is 0 Å². The molecule has 0 nitrogen and oxygen atoms in total. The average molecular weight is 202 g/mol. The first-order chi connectivity index (χ1) is 1.73. The van der Waals surface area contributed by atoms with Crippen molar-refractivity contribution in [2.24, 2.45) is 0 Å². The quantitative estimate of drug-likeness (QED) is 0.518. The molecule has 0 aliphatic carbocycles. The van der Waals surface area contributed by atoms with Crippen LogP contribution in [0.25, 0.3) is 0 Å². The summed E-state index contributed by atoms with van der Waals surface area (Å²) >= 11 is -4.25. The number of halogens is 3. The Morgan fingerprint density at radius 2 is 1.00 bits per heavy atom. The van der Waals surface area contributed by atoms with Crippen molar-refractivity contribution in [1.29, 1.82) is 0 Å². The van der Waals surface area contributed by atoms with Gasteiger partial charge in [-0.25, -0.2) is 0 Å². The molecule has 1 radical (unpaired) electrons. The van der Waals surface area contributed by atoms with E-state index >= 15 is 0 Å². The Balaban J connectivity index is 0. The molecule has 0 amide bonds. The Morgan fingerprint density at radius 1 is 1.00 bits per heavy atom. The maximum atomic E-state index is 9.75. The minimum Gasteiger partial charge on any atom is 0 e. The van der Waals surface area contributed by atoms with Crippen molar-refractivity contribution in [3.05, 3.63) is 0 Å². The Labute approximate surface area is 58.3 Å². The summed E-state index contributed by atoms with van der Waals surface area (Å²) in [6.45, 7) is 0. The molecule has 5 heteroatoms. The van der Waals surface area contributed by atoms with Crippen molar-refractivity contribution in [3.8, 4) is 0 Å². The second kappa shape index (κ2) is 5.41. The molecule has 0 fully saturated rings. The van der Waals surface area contributed by atoms with Crippen LogP contribution in [0.2, 0.25) is 0 Å². The van der Waals surface area contributed by atoms with E-state index in [0.717, 1.165) is 0 Å². The zero-order chi connectivity index (χ0) is 3.58. The van der Waals surface area contributed by atoms with Crippen molar-refractivity contribution in [2.75, 3.05) is 0 Å². The van der Waals surface area contributed by atoms with E-state index in [4.69, 9.17) is 0 Å². The van der Waals surface area contributed by atoms with Gasteiger partial charge in [0.2, 0.25) is 0 Å². The molecule has 5 heavy (non-hydrogen) atoms. The van der Waals surface area contributed by atoms with Crippen molar-refractivity contribution < 1.29 is 58.6 Å². The molecule has 0 heterocycles. The van der Waals surface area contributed by atoms with Gasteiger partial charge in [0.15, 0.2) is 0 Å². The third-order valence-electron chi connectivity index (χ3n) is 0. The molecule has 0 saturated carbocycles. The molecule has 0 aromatic heterocycles. The molecular weight excluding hydrogens is 202 g/mol. The SMILES string of the molecule is [F][Fe]([F])[F].[Y]. The fourth-order valence-corrected chi connectivity index (χ4v) is 0. The first kappa shape index (κ1) is 9.65. The van der Waals surface area contributed by atoms with Crippen LogP contribution in [0, 0.1) is 0 Å². The van der Waals surface area contributed by atoms with E-state index in [1.807, 2.05) is 0 Å². The average Bonchev–Trinajstić information content (AvgIpc) is 0.811. The first-order valence-electron chi connectivity index (χ1n) is 0.401. The summed E-state index contributed by atoms with van der Waals surface area (Å²) < 4.78 is 29.2. The molecule has 0 aliphatic rings. The Morgan fingerprint density at radius 3 is 1.00 bits per heavy atom. The summed E-state index contributed by atoms with van der Waals surface area (Å²) in [5.74, 6) is 0. The van der Waals surface area contributed by atoms with Gasteiger partial charge >= 0.3 is 25.9 Å². The summed E-state index contributed by atoms with van der Waals surface area (Å²) in [4.78, 5) is 0. The van der Waals surface area contributed by atoms with Crippen LogP contribution in [-0.2, 0) is 48.0 Å². The smallest absolute Gasteiger partial charge is 0 e.